The van der Waals surface area contributed by atoms with Crippen LogP contribution in [-0.4, -0.2) is 16.6 Å². The first kappa shape index (κ1) is 13.1. The Morgan fingerprint density at radius 1 is 1.35 bits per heavy atom. The summed E-state index contributed by atoms with van der Waals surface area (Å²) in [4.78, 5) is 11.9. The predicted molar refractivity (Wildman–Crippen MR) is 81.9 cm³/mol. The molecule has 1 aromatic heterocycles. The van der Waals surface area contributed by atoms with Gasteiger partial charge in [-0.25, -0.2) is 5.01 Å². The van der Waals surface area contributed by atoms with Crippen LogP contribution in [0.5, 0.6) is 0 Å². The topological polar surface area (TPSA) is 32.7 Å². The molecule has 0 aliphatic carbocycles. The summed E-state index contributed by atoms with van der Waals surface area (Å²) in [5.74, 6) is -0.0107. The van der Waals surface area contributed by atoms with E-state index in [1.54, 1.807) is 23.3 Å². The standard InChI is InChI=1S/C16H16N2OS/c1-11-5-3-4-6-14(11)16-9-15(13-7-8-20-10-13)17-18(16)12(2)19/h3-8,10,16H,9H2,1-2H3. The number of hydrogen-bond donors (Lipinski definition) is 0. The van der Waals surface area contributed by atoms with E-state index in [9.17, 15) is 4.79 Å². The first-order chi connectivity index (χ1) is 9.66. The highest BCUT2D eigenvalue weighted by Gasteiger charge is 2.32. The summed E-state index contributed by atoms with van der Waals surface area (Å²) < 4.78 is 0. The number of aryl methyl sites for hydroxylation is 1. The number of amides is 1. The van der Waals surface area contributed by atoms with Crippen LogP contribution in [0, 0.1) is 6.92 Å². The van der Waals surface area contributed by atoms with Crippen molar-refractivity contribution in [2.24, 2.45) is 5.10 Å². The lowest BCUT2D eigenvalue weighted by Crippen LogP contribution is -2.24. The number of carbonyl (C=O) groups is 1. The smallest absolute Gasteiger partial charge is 0.240 e. The Hall–Kier alpha value is -1.94. The second-order valence-electron chi connectivity index (χ2n) is 5.00. The molecule has 1 aliphatic rings. The average molecular weight is 284 g/mol. The zero-order chi connectivity index (χ0) is 14.1. The maximum atomic E-state index is 11.9. The van der Waals surface area contributed by atoms with Crippen molar-refractivity contribution in [2.75, 3.05) is 0 Å². The second kappa shape index (κ2) is 5.21. The first-order valence-electron chi connectivity index (χ1n) is 6.62. The van der Waals surface area contributed by atoms with Crippen LogP contribution in [0.4, 0.5) is 0 Å². The summed E-state index contributed by atoms with van der Waals surface area (Å²) in [6.45, 7) is 3.65. The molecule has 3 rings (SSSR count). The van der Waals surface area contributed by atoms with Crippen molar-refractivity contribution < 1.29 is 4.79 Å². The highest BCUT2D eigenvalue weighted by molar-refractivity contribution is 7.08. The molecule has 1 atom stereocenters. The molecule has 1 aromatic carbocycles. The summed E-state index contributed by atoms with van der Waals surface area (Å²) in [6, 6.07) is 10.3. The van der Waals surface area contributed by atoms with Crippen molar-refractivity contribution >= 4 is 23.0 Å². The summed E-state index contributed by atoms with van der Waals surface area (Å²) >= 11 is 1.65. The van der Waals surface area contributed by atoms with Crippen molar-refractivity contribution in [3.8, 4) is 0 Å². The van der Waals surface area contributed by atoms with Crippen LogP contribution in [0.3, 0.4) is 0 Å². The van der Waals surface area contributed by atoms with Crippen LogP contribution in [0.25, 0.3) is 0 Å². The van der Waals surface area contributed by atoms with Gasteiger partial charge in [-0.3, -0.25) is 4.79 Å². The van der Waals surface area contributed by atoms with Crippen molar-refractivity contribution in [3.63, 3.8) is 0 Å². The van der Waals surface area contributed by atoms with Gasteiger partial charge in [0.25, 0.3) is 0 Å². The average Bonchev–Trinajstić information content (AvgIpc) is 3.08. The molecule has 2 aromatic rings. The lowest BCUT2D eigenvalue weighted by molar-refractivity contribution is -0.130. The van der Waals surface area contributed by atoms with Crippen molar-refractivity contribution in [1.82, 2.24) is 5.01 Å². The third-order valence-electron chi connectivity index (χ3n) is 3.63. The van der Waals surface area contributed by atoms with Gasteiger partial charge in [-0.2, -0.15) is 16.4 Å². The van der Waals surface area contributed by atoms with Gasteiger partial charge >= 0.3 is 0 Å². The molecule has 1 unspecified atom stereocenters. The van der Waals surface area contributed by atoms with E-state index >= 15 is 0 Å². The summed E-state index contributed by atoms with van der Waals surface area (Å²) in [5.41, 5.74) is 4.49. The molecule has 102 valence electrons. The van der Waals surface area contributed by atoms with Crippen LogP contribution in [0.15, 0.2) is 46.2 Å². The lowest BCUT2D eigenvalue weighted by Gasteiger charge is -2.22. The van der Waals surface area contributed by atoms with Crippen LogP contribution in [0.1, 0.15) is 36.1 Å². The Labute approximate surface area is 122 Å². The largest absolute Gasteiger partial charge is 0.273 e. The number of benzene rings is 1. The Morgan fingerprint density at radius 3 is 2.80 bits per heavy atom. The molecule has 0 radical (unpaired) electrons. The number of nitrogens with zero attached hydrogens (tertiary/aromatic N) is 2. The highest BCUT2D eigenvalue weighted by atomic mass is 32.1. The van der Waals surface area contributed by atoms with Gasteiger partial charge in [-0.15, -0.1) is 0 Å². The molecule has 4 heteroatoms. The fraction of sp³-hybridized carbons (Fsp3) is 0.250. The third-order valence-corrected chi connectivity index (χ3v) is 4.32. The molecule has 3 nitrogen and oxygen atoms in total. The molecule has 1 aliphatic heterocycles. The molecule has 0 saturated heterocycles. The number of thiophene rings is 1. The molecule has 0 saturated carbocycles. The van der Waals surface area contributed by atoms with Crippen LogP contribution >= 0.6 is 11.3 Å². The Morgan fingerprint density at radius 2 is 2.15 bits per heavy atom. The van der Waals surface area contributed by atoms with E-state index in [0.717, 1.165) is 17.7 Å². The van der Waals surface area contributed by atoms with Crippen LogP contribution in [-0.2, 0) is 4.79 Å². The first-order valence-corrected chi connectivity index (χ1v) is 7.56. The maximum Gasteiger partial charge on any atom is 0.240 e. The van der Waals surface area contributed by atoms with E-state index in [-0.39, 0.29) is 11.9 Å². The lowest BCUT2D eigenvalue weighted by atomic mass is 9.96. The SMILES string of the molecule is CC(=O)N1N=C(c2ccsc2)CC1c1ccccc1C. The summed E-state index contributed by atoms with van der Waals surface area (Å²) in [6.07, 6.45) is 0.779. The van der Waals surface area contributed by atoms with Gasteiger partial charge in [-0.05, 0) is 34.9 Å². The summed E-state index contributed by atoms with van der Waals surface area (Å²) in [5, 5.41) is 10.3. The predicted octanol–water partition coefficient (Wildman–Crippen LogP) is 3.75. The molecular weight excluding hydrogens is 268 g/mol. The van der Waals surface area contributed by atoms with Crippen molar-refractivity contribution in [3.05, 3.63) is 57.8 Å². The van der Waals surface area contributed by atoms with Gasteiger partial charge in [0.1, 0.15) is 0 Å². The Bertz CT molecular complexity index is 661. The molecule has 0 fully saturated rings. The minimum atomic E-state index is -0.0107. The minimum absolute atomic E-state index is 0.0107. The number of carbonyl (C=O) groups excluding carboxylic acids is 1. The van der Waals surface area contributed by atoms with Crippen molar-refractivity contribution in [2.45, 2.75) is 26.3 Å². The van der Waals surface area contributed by atoms with Gasteiger partial charge < -0.3 is 0 Å². The van der Waals surface area contributed by atoms with Gasteiger partial charge in [0.15, 0.2) is 0 Å². The van der Waals surface area contributed by atoms with Crippen LogP contribution < -0.4 is 0 Å². The van der Waals surface area contributed by atoms with E-state index in [0.29, 0.717) is 0 Å². The van der Waals surface area contributed by atoms with Gasteiger partial charge in [0.2, 0.25) is 5.91 Å². The number of hydrazone groups is 1. The van der Waals surface area contributed by atoms with Gasteiger partial charge in [0.05, 0.1) is 11.8 Å². The minimum Gasteiger partial charge on any atom is -0.273 e. The Balaban J connectivity index is 1.98. The number of hydrogen-bond acceptors (Lipinski definition) is 3. The highest BCUT2D eigenvalue weighted by Crippen LogP contribution is 2.34. The molecule has 20 heavy (non-hydrogen) atoms. The third kappa shape index (κ3) is 2.27. The van der Waals surface area contributed by atoms with E-state index in [1.165, 1.54) is 11.1 Å². The normalized spacial score (nSPS) is 18.2. The van der Waals surface area contributed by atoms with E-state index in [2.05, 4.69) is 35.6 Å². The molecule has 1 amide bonds. The van der Waals surface area contributed by atoms with Crippen molar-refractivity contribution in [1.29, 1.82) is 0 Å². The zero-order valence-corrected chi connectivity index (χ0v) is 12.4. The van der Waals surface area contributed by atoms with Crippen LogP contribution in [0.2, 0.25) is 0 Å². The summed E-state index contributed by atoms with van der Waals surface area (Å²) in [7, 11) is 0. The monoisotopic (exact) mass is 284 g/mol. The quantitative estimate of drug-likeness (QED) is 0.826. The fourth-order valence-corrected chi connectivity index (χ4v) is 3.27. The Kier molecular flexibility index (Phi) is 3.40. The van der Waals surface area contributed by atoms with E-state index < -0.39 is 0 Å². The number of rotatable bonds is 2. The van der Waals surface area contributed by atoms with Gasteiger partial charge in [-0.1, -0.05) is 24.3 Å². The molecule has 0 N–H and O–H groups in total. The van der Waals surface area contributed by atoms with E-state index in [1.807, 2.05) is 17.5 Å². The molecule has 0 spiro atoms. The fourth-order valence-electron chi connectivity index (χ4n) is 2.61. The molecular formula is C16H16N2OS. The molecule has 0 bridgehead atoms. The molecule has 2 heterocycles. The second-order valence-corrected chi connectivity index (χ2v) is 5.78. The zero-order valence-electron chi connectivity index (χ0n) is 11.5. The van der Waals surface area contributed by atoms with Gasteiger partial charge in [0, 0.05) is 18.9 Å². The maximum absolute atomic E-state index is 11.9. The van der Waals surface area contributed by atoms with E-state index in [4.69, 9.17) is 0 Å².